The number of hydrogen-bond acceptors (Lipinski definition) is 5. The second-order valence-electron chi connectivity index (χ2n) is 12.9. The zero-order valence-electron chi connectivity index (χ0n) is 21.7. The molecular formula is C28H49NO4. The van der Waals surface area contributed by atoms with Crippen LogP contribution >= 0.6 is 0 Å². The highest BCUT2D eigenvalue weighted by molar-refractivity contribution is 5.74. The van der Waals surface area contributed by atoms with Gasteiger partial charge in [-0.25, -0.2) is 0 Å². The molecule has 33 heavy (non-hydrogen) atoms. The fraction of sp³-hybridized carbons (Fsp3) is 0.964. The highest BCUT2D eigenvalue weighted by atomic mass is 16.5. The van der Waals surface area contributed by atoms with Crippen LogP contribution in [0.4, 0.5) is 0 Å². The Kier molecular flexibility index (Phi) is 7.54. The van der Waals surface area contributed by atoms with E-state index in [1.54, 1.807) is 0 Å². The number of aliphatic hydroxyl groups excluding tert-OH is 2. The van der Waals surface area contributed by atoms with Gasteiger partial charge in [0.25, 0.3) is 0 Å². The van der Waals surface area contributed by atoms with Crippen molar-refractivity contribution >= 4 is 5.97 Å². The summed E-state index contributed by atoms with van der Waals surface area (Å²) in [7, 11) is 0. The quantitative estimate of drug-likeness (QED) is 0.483. The van der Waals surface area contributed by atoms with Crippen LogP contribution in [0.5, 0.6) is 0 Å². The van der Waals surface area contributed by atoms with Gasteiger partial charge in [-0.2, -0.15) is 0 Å². The average molecular weight is 464 g/mol. The summed E-state index contributed by atoms with van der Waals surface area (Å²) >= 11 is 0. The van der Waals surface area contributed by atoms with E-state index in [1.165, 1.54) is 6.42 Å². The molecule has 4 aliphatic rings. The number of aliphatic hydroxyl groups is 2. The second kappa shape index (κ2) is 9.78. The highest BCUT2D eigenvalue weighted by Gasteiger charge is 2.64. The standard InChI is InChI=1S/C28H49NO4/c1-6-13-33-26(32)21-10-9-20-19-8-7-18-14-23(30)24(31)16-27(18,4)25(19)22(15-28(20,21)5)29-12-11-17(2)3/h17-25,29-31H,6-16H2,1-5H3/t18-,19-,20-,21+,22+,23-,24-,25+,27-,28-/m0/s1. The maximum atomic E-state index is 13.1. The van der Waals surface area contributed by atoms with Gasteiger partial charge in [0.1, 0.15) is 0 Å². The molecule has 0 bridgehead atoms. The lowest BCUT2D eigenvalue weighted by molar-refractivity contribution is -0.175. The molecule has 0 saturated heterocycles. The van der Waals surface area contributed by atoms with Crippen molar-refractivity contribution in [1.29, 1.82) is 0 Å². The van der Waals surface area contributed by atoms with Gasteiger partial charge in [-0.1, -0.05) is 34.6 Å². The molecule has 0 heterocycles. The van der Waals surface area contributed by atoms with Gasteiger partial charge >= 0.3 is 5.97 Å². The highest BCUT2D eigenvalue weighted by Crippen LogP contribution is 2.67. The maximum absolute atomic E-state index is 13.1. The number of ether oxygens (including phenoxy) is 1. The van der Waals surface area contributed by atoms with E-state index in [-0.39, 0.29) is 22.7 Å². The summed E-state index contributed by atoms with van der Waals surface area (Å²) in [5, 5.41) is 25.1. The van der Waals surface area contributed by atoms with Crippen LogP contribution in [0.3, 0.4) is 0 Å². The van der Waals surface area contributed by atoms with Crippen molar-refractivity contribution in [1.82, 2.24) is 5.32 Å². The summed E-state index contributed by atoms with van der Waals surface area (Å²) in [6.45, 7) is 12.9. The SMILES string of the molecule is CCCOC(=O)[C@H]1CC[C@H]2[C@@H]3CC[C@H]4C[C@H](O)[C@@H](O)C[C@]4(C)[C@H]3[C@H](NCCC(C)C)C[C@]12C. The minimum absolute atomic E-state index is 0.00805. The van der Waals surface area contributed by atoms with Gasteiger partial charge in [-0.3, -0.25) is 4.79 Å². The van der Waals surface area contributed by atoms with Gasteiger partial charge < -0.3 is 20.3 Å². The Morgan fingerprint density at radius 3 is 2.52 bits per heavy atom. The number of rotatable bonds is 7. The molecule has 190 valence electrons. The first-order chi connectivity index (χ1) is 15.6. The smallest absolute Gasteiger partial charge is 0.309 e. The van der Waals surface area contributed by atoms with E-state index in [9.17, 15) is 15.0 Å². The summed E-state index contributed by atoms with van der Waals surface area (Å²) < 4.78 is 5.68. The van der Waals surface area contributed by atoms with Crippen LogP contribution in [0.25, 0.3) is 0 Å². The number of nitrogens with one attached hydrogen (secondary N) is 1. The Balaban J connectivity index is 1.64. The normalized spacial score (nSPS) is 47.0. The van der Waals surface area contributed by atoms with E-state index in [4.69, 9.17) is 4.74 Å². The number of esters is 1. The van der Waals surface area contributed by atoms with E-state index >= 15 is 0 Å². The lowest BCUT2D eigenvalue weighted by Crippen LogP contribution is -2.64. The third-order valence-electron chi connectivity index (χ3n) is 10.5. The average Bonchev–Trinajstić information content (AvgIpc) is 3.09. The van der Waals surface area contributed by atoms with E-state index in [1.807, 2.05) is 0 Å². The largest absolute Gasteiger partial charge is 0.465 e. The van der Waals surface area contributed by atoms with E-state index in [0.717, 1.165) is 51.5 Å². The van der Waals surface area contributed by atoms with E-state index in [0.29, 0.717) is 48.7 Å². The van der Waals surface area contributed by atoms with E-state index in [2.05, 4.69) is 39.9 Å². The van der Waals surface area contributed by atoms with Crippen LogP contribution in [0.2, 0.25) is 0 Å². The van der Waals surface area contributed by atoms with Crippen molar-refractivity contribution in [3.05, 3.63) is 0 Å². The molecule has 5 nitrogen and oxygen atoms in total. The molecule has 5 heteroatoms. The number of fused-ring (bicyclic) bond motifs is 5. The number of carbonyl (C=O) groups excluding carboxylic acids is 1. The summed E-state index contributed by atoms with van der Waals surface area (Å²) in [6, 6.07) is 0.352. The predicted octanol–water partition coefficient (Wildman–Crippen LogP) is 4.54. The molecule has 0 aromatic rings. The van der Waals surface area contributed by atoms with Crippen LogP contribution in [-0.2, 0) is 9.53 Å². The van der Waals surface area contributed by atoms with Crippen molar-refractivity contribution in [3.8, 4) is 0 Å². The van der Waals surface area contributed by atoms with Crippen molar-refractivity contribution in [2.75, 3.05) is 13.2 Å². The third-order valence-corrected chi connectivity index (χ3v) is 10.5. The number of hydrogen-bond donors (Lipinski definition) is 3. The zero-order valence-corrected chi connectivity index (χ0v) is 21.7. The Bertz CT molecular complexity index is 697. The van der Waals surface area contributed by atoms with Crippen LogP contribution in [-0.4, -0.2) is 47.6 Å². The summed E-state index contributed by atoms with van der Waals surface area (Å²) in [5.74, 6) is 2.78. The lowest BCUT2D eigenvalue weighted by Gasteiger charge is -2.63. The van der Waals surface area contributed by atoms with Crippen LogP contribution in [0, 0.1) is 46.3 Å². The van der Waals surface area contributed by atoms with Crippen molar-refractivity contribution < 1.29 is 19.7 Å². The third kappa shape index (κ3) is 4.51. The van der Waals surface area contributed by atoms with Gasteiger partial charge in [-0.05, 0) is 105 Å². The van der Waals surface area contributed by atoms with Crippen LogP contribution in [0.1, 0.15) is 92.4 Å². The van der Waals surface area contributed by atoms with Gasteiger partial charge in [0.2, 0.25) is 0 Å². The molecule has 0 radical (unpaired) electrons. The topological polar surface area (TPSA) is 78.8 Å². The van der Waals surface area contributed by atoms with E-state index < -0.39 is 12.2 Å². The maximum Gasteiger partial charge on any atom is 0.309 e. The minimum Gasteiger partial charge on any atom is -0.465 e. The summed E-state index contributed by atoms with van der Waals surface area (Å²) in [5.41, 5.74) is 0.0245. The Labute approximate surface area is 201 Å². The van der Waals surface area contributed by atoms with Gasteiger partial charge in [0.05, 0.1) is 24.7 Å². The minimum atomic E-state index is -0.616. The molecule has 4 saturated carbocycles. The Hall–Kier alpha value is -0.650. The van der Waals surface area contributed by atoms with Crippen molar-refractivity contribution in [3.63, 3.8) is 0 Å². The lowest BCUT2D eigenvalue weighted by atomic mass is 9.43. The number of carbonyl (C=O) groups is 1. The van der Waals surface area contributed by atoms with Crippen LogP contribution < -0.4 is 5.32 Å². The molecule has 3 N–H and O–H groups in total. The molecule has 0 aromatic carbocycles. The molecule has 4 rings (SSSR count). The molecule has 10 atom stereocenters. The van der Waals surface area contributed by atoms with Gasteiger partial charge in [-0.15, -0.1) is 0 Å². The van der Waals surface area contributed by atoms with Gasteiger partial charge in [0.15, 0.2) is 0 Å². The second-order valence-corrected chi connectivity index (χ2v) is 12.9. The summed E-state index contributed by atoms with van der Waals surface area (Å²) in [4.78, 5) is 13.1. The van der Waals surface area contributed by atoms with Crippen molar-refractivity contribution in [2.45, 2.75) is 111 Å². The monoisotopic (exact) mass is 463 g/mol. The first-order valence-corrected chi connectivity index (χ1v) is 13.9. The molecule has 0 amide bonds. The van der Waals surface area contributed by atoms with Crippen molar-refractivity contribution in [2.24, 2.45) is 46.3 Å². The fourth-order valence-electron chi connectivity index (χ4n) is 8.91. The molecule has 0 aliphatic heterocycles. The molecule has 0 aromatic heterocycles. The first-order valence-electron chi connectivity index (χ1n) is 13.9. The molecule has 0 unspecified atom stereocenters. The Morgan fingerprint density at radius 2 is 1.82 bits per heavy atom. The predicted molar refractivity (Wildman–Crippen MR) is 130 cm³/mol. The molecule has 0 spiro atoms. The molecule has 4 fully saturated rings. The first kappa shape index (κ1) is 25.4. The Morgan fingerprint density at radius 1 is 1.06 bits per heavy atom. The zero-order chi connectivity index (χ0) is 24.0. The summed E-state index contributed by atoms with van der Waals surface area (Å²) in [6.07, 6.45) is 7.67. The fourth-order valence-corrected chi connectivity index (χ4v) is 8.91. The van der Waals surface area contributed by atoms with Gasteiger partial charge in [0, 0.05) is 6.04 Å². The molecule has 4 aliphatic carbocycles. The van der Waals surface area contributed by atoms with Crippen LogP contribution in [0.15, 0.2) is 0 Å². The molecular weight excluding hydrogens is 414 g/mol.